The Kier molecular flexibility index (Phi) is 4.50. The van der Waals surface area contributed by atoms with Crippen LogP contribution in [0.3, 0.4) is 0 Å². The fourth-order valence-electron chi connectivity index (χ4n) is 1.93. The number of para-hydroxylation sites is 1. The number of rotatable bonds is 5. The minimum atomic E-state index is -1.42. The van der Waals surface area contributed by atoms with Crippen molar-refractivity contribution in [3.05, 3.63) is 59.1 Å². The van der Waals surface area contributed by atoms with E-state index in [0.29, 0.717) is 22.1 Å². The van der Waals surface area contributed by atoms with Crippen LogP contribution in [0.2, 0.25) is 5.02 Å². The first-order chi connectivity index (χ1) is 9.88. The zero-order valence-electron chi connectivity index (χ0n) is 11.4. The van der Waals surface area contributed by atoms with Gasteiger partial charge in [0.2, 0.25) is 0 Å². The van der Waals surface area contributed by atoms with Crippen molar-refractivity contribution in [3.63, 3.8) is 0 Å². The predicted molar refractivity (Wildman–Crippen MR) is 79.8 cm³/mol. The van der Waals surface area contributed by atoms with Gasteiger partial charge < -0.3 is 14.9 Å². The molecule has 0 heterocycles. The Morgan fingerprint density at radius 3 is 2.38 bits per heavy atom. The number of carbonyl (C=O) groups is 1. The predicted octanol–water partition coefficient (Wildman–Crippen LogP) is 3.81. The Bertz CT molecular complexity index is 635. The van der Waals surface area contributed by atoms with Crippen molar-refractivity contribution in [3.8, 4) is 11.5 Å². The van der Waals surface area contributed by atoms with Crippen molar-refractivity contribution in [2.24, 2.45) is 0 Å². The van der Waals surface area contributed by atoms with Crippen LogP contribution >= 0.6 is 11.6 Å². The molecule has 0 fully saturated rings. The number of aliphatic carboxylic acids is 1. The lowest BCUT2D eigenvalue weighted by atomic mass is 9.93. The number of benzene rings is 2. The molecule has 0 aliphatic rings. The third kappa shape index (κ3) is 3.97. The molecule has 1 atom stereocenters. The summed E-state index contributed by atoms with van der Waals surface area (Å²) in [4.78, 5) is 10.7. The summed E-state index contributed by atoms with van der Waals surface area (Å²) in [5.74, 6) is 0.0265. The van der Waals surface area contributed by atoms with Crippen LogP contribution in [0, 0.1) is 0 Å². The van der Waals surface area contributed by atoms with E-state index in [9.17, 15) is 9.90 Å². The summed E-state index contributed by atoms with van der Waals surface area (Å²) in [5, 5.41) is 19.4. The average Bonchev–Trinajstić information content (AvgIpc) is 2.40. The fourth-order valence-corrected chi connectivity index (χ4v) is 2.11. The summed E-state index contributed by atoms with van der Waals surface area (Å²) in [6.07, 6.45) is -0.363. The molecule has 0 aliphatic carbocycles. The second-order valence-corrected chi connectivity index (χ2v) is 5.31. The van der Waals surface area contributed by atoms with Gasteiger partial charge in [-0.05, 0) is 36.8 Å². The molecule has 2 aromatic carbocycles. The Labute approximate surface area is 127 Å². The molecule has 110 valence electrons. The first-order valence-corrected chi connectivity index (χ1v) is 6.73. The summed E-state index contributed by atoms with van der Waals surface area (Å²) in [6.45, 7) is 1.46. The number of ether oxygens (including phenoxy) is 1. The minimum Gasteiger partial charge on any atom is -0.481 e. The Balaban J connectivity index is 2.16. The normalized spacial score (nSPS) is 13.5. The van der Waals surface area contributed by atoms with Gasteiger partial charge in [-0.15, -0.1) is 0 Å². The van der Waals surface area contributed by atoms with E-state index in [0.717, 1.165) is 0 Å². The van der Waals surface area contributed by atoms with E-state index in [4.69, 9.17) is 21.4 Å². The van der Waals surface area contributed by atoms with E-state index in [-0.39, 0.29) is 6.42 Å². The highest BCUT2D eigenvalue weighted by Gasteiger charge is 2.26. The van der Waals surface area contributed by atoms with Crippen molar-refractivity contribution >= 4 is 17.6 Å². The van der Waals surface area contributed by atoms with Gasteiger partial charge in [0.15, 0.2) is 0 Å². The second kappa shape index (κ2) is 6.16. The molecule has 0 radical (unpaired) electrons. The number of hydrogen-bond donors (Lipinski definition) is 2. The number of carboxylic acids is 1. The van der Waals surface area contributed by atoms with Crippen molar-refractivity contribution in [2.45, 2.75) is 18.9 Å². The van der Waals surface area contributed by atoms with E-state index in [1.54, 1.807) is 42.5 Å². The van der Waals surface area contributed by atoms with E-state index in [1.165, 1.54) is 6.92 Å². The standard InChI is InChI=1S/C16H15ClO4/c1-16(20,10-15(18)19)11-6-8-12(9-7-11)21-14-5-3-2-4-13(14)17/h2-9,20H,10H2,1H3,(H,18,19). The Hall–Kier alpha value is -2.04. The van der Waals surface area contributed by atoms with Crippen LogP contribution in [0.1, 0.15) is 18.9 Å². The molecule has 4 nitrogen and oxygen atoms in total. The highest BCUT2D eigenvalue weighted by molar-refractivity contribution is 6.32. The lowest BCUT2D eigenvalue weighted by Gasteiger charge is -2.21. The lowest BCUT2D eigenvalue weighted by molar-refractivity contribution is -0.142. The van der Waals surface area contributed by atoms with Crippen LogP contribution in [0.25, 0.3) is 0 Å². The topological polar surface area (TPSA) is 66.8 Å². The SMILES string of the molecule is CC(O)(CC(=O)O)c1ccc(Oc2ccccc2Cl)cc1. The van der Waals surface area contributed by atoms with Gasteiger partial charge in [0.1, 0.15) is 11.5 Å². The maximum atomic E-state index is 10.7. The molecular weight excluding hydrogens is 292 g/mol. The third-order valence-corrected chi connectivity index (χ3v) is 3.35. The number of aliphatic hydroxyl groups is 1. The van der Waals surface area contributed by atoms with E-state index < -0.39 is 11.6 Å². The third-order valence-electron chi connectivity index (χ3n) is 3.04. The molecule has 0 saturated carbocycles. The maximum absolute atomic E-state index is 10.7. The zero-order valence-corrected chi connectivity index (χ0v) is 12.2. The smallest absolute Gasteiger partial charge is 0.306 e. The molecule has 21 heavy (non-hydrogen) atoms. The van der Waals surface area contributed by atoms with E-state index in [1.807, 2.05) is 6.07 Å². The minimum absolute atomic E-state index is 0.363. The molecule has 0 amide bonds. The van der Waals surface area contributed by atoms with Gasteiger partial charge in [0.05, 0.1) is 17.0 Å². The summed E-state index contributed by atoms with van der Waals surface area (Å²) in [6, 6.07) is 13.7. The van der Waals surface area contributed by atoms with Gasteiger partial charge in [-0.25, -0.2) is 0 Å². The van der Waals surface area contributed by atoms with Crippen LogP contribution in [-0.4, -0.2) is 16.2 Å². The molecule has 2 N–H and O–H groups in total. The first-order valence-electron chi connectivity index (χ1n) is 6.35. The number of hydrogen-bond acceptors (Lipinski definition) is 3. The van der Waals surface area contributed by atoms with Crippen molar-refractivity contribution in [1.82, 2.24) is 0 Å². The second-order valence-electron chi connectivity index (χ2n) is 4.90. The summed E-state index contributed by atoms with van der Waals surface area (Å²) in [5.41, 5.74) is -0.911. The summed E-state index contributed by atoms with van der Waals surface area (Å²) in [7, 11) is 0. The van der Waals surface area contributed by atoms with Gasteiger partial charge in [-0.2, -0.15) is 0 Å². The van der Waals surface area contributed by atoms with Crippen LogP contribution in [0.15, 0.2) is 48.5 Å². The van der Waals surface area contributed by atoms with Gasteiger partial charge >= 0.3 is 5.97 Å². The Morgan fingerprint density at radius 1 is 1.19 bits per heavy atom. The highest BCUT2D eigenvalue weighted by Crippen LogP contribution is 2.31. The van der Waals surface area contributed by atoms with E-state index in [2.05, 4.69) is 0 Å². The van der Waals surface area contributed by atoms with Gasteiger partial charge in [-0.3, -0.25) is 4.79 Å². The van der Waals surface area contributed by atoms with E-state index >= 15 is 0 Å². The molecule has 0 bridgehead atoms. The molecule has 0 aromatic heterocycles. The largest absolute Gasteiger partial charge is 0.481 e. The molecule has 0 saturated heterocycles. The fraction of sp³-hybridized carbons (Fsp3) is 0.188. The Morgan fingerprint density at radius 2 is 1.81 bits per heavy atom. The molecule has 0 aliphatic heterocycles. The zero-order chi connectivity index (χ0) is 15.5. The maximum Gasteiger partial charge on any atom is 0.306 e. The van der Waals surface area contributed by atoms with Crippen LogP contribution in [0.4, 0.5) is 0 Å². The van der Waals surface area contributed by atoms with Gasteiger partial charge in [0, 0.05) is 0 Å². The van der Waals surface area contributed by atoms with Crippen LogP contribution in [0.5, 0.6) is 11.5 Å². The number of halogens is 1. The van der Waals surface area contributed by atoms with Crippen molar-refractivity contribution in [2.75, 3.05) is 0 Å². The van der Waals surface area contributed by atoms with Crippen LogP contribution in [-0.2, 0) is 10.4 Å². The van der Waals surface area contributed by atoms with Crippen molar-refractivity contribution < 1.29 is 19.7 Å². The van der Waals surface area contributed by atoms with Crippen molar-refractivity contribution in [1.29, 1.82) is 0 Å². The van der Waals surface area contributed by atoms with Gasteiger partial charge in [0.25, 0.3) is 0 Å². The lowest BCUT2D eigenvalue weighted by Crippen LogP contribution is -2.24. The molecule has 2 rings (SSSR count). The first kappa shape index (κ1) is 15.4. The molecule has 1 unspecified atom stereocenters. The summed E-state index contributed by atoms with van der Waals surface area (Å²) >= 11 is 6.01. The molecular formula is C16H15ClO4. The summed E-state index contributed by atoms with van der Waals surface area (Å²) < 4.78 is 5.63. The molecule has 0 spiro atoms. The number of carboxylic acid groups (broad SMARTS) is 1. The quantitative estimate of drug-likeness (QED) is 0.881. The average molecular weight is 307 g/mol. The monoisotopic (exact) mass is 306 g/mol. The van der Waals surface area contributed by atoms with Crippen LogP contribution < -0.4 is 4.74 Å². The highest BCUT2D eigenvalue weighted by atomic mass is 35.5. The molecule has 2 aromatic rings. The van der Waals surface area contributed by atoms with Gasteiger partial charge in [-0.1, -0.05) is 35.9 Å². The molecule has 5 heteroatoms.